The summed E-state index contributed by atoms with van der Waals surface area (Å²) in [5, 5.41) is 5.69. The molecule has 0 radical (unpaired) electrons. The summed E-state index contributed by atoms with van der Waals surface area (Å²) in [6.07, 6.45) is 4.16. The van der Waals surface area contributed by atoms with E-state index in [4.69, 9.17) is 4.42 Å². The van der Waals surface area contributed by atoms with Crippen LogP contribution in [0.1, 0.15) is 45.3 Å². The maximum Gasteiger partial charge on any atom is 0.243 e. The molecule has 1 aromatic heterocycles. The van der Waals surface area contributed by atoms with Gasteiger partial charge in [0.15, 0.2) is 0 Å². The summed E-state index contributed by atoms with van der Waals surface area (Å²) in [6.45, 7) is 4.27. The summed E-state index contributed by atoms with van der Waals surface area (Å²) in [7, 11) is -3.71. The summed E-state index contributed by atoms with van der Waals surface area (Å²) in [4.78, 5) is 25.5. The third-order valence-electron chi connectivity index (χ3n) is 6.17. The molecule has 186 valence electrons. The SMILES string of the molecule is CC(C)[C@H](NC(=O)C1CCC(CNS(=O)(=O)c2ccc(F)cc2)CC1)C(=O)NCc1ccco1. The van der Waals surface area contributed by atoms with Crippen molar-refractivity contribution in [2.24, 2.45) is 17.8 Å². The molecule has 0 bridgehead atoms. The standard InChI is InChI=1S/C24H32FN3O5S/c1-16(2)22(24(30)26-15-20-4-3-13-33-20)28-23(29)18-7-5-17(6-8-18)14-27-34(31,32)21-11-9-19(25)10-12-21/h3-4,9-13,16-18,22,27H,5-8,14-15H2,1-2H3,(H,26,30)(H,28,29)/t17?,18?,22-/m0/s1. The van der Waals surface area contributed by atoms with Crippen molar-refractivity contribution in [3.63, 3.8) is 0 Å². The van der Waals surface area contributed by atoms with Crippen LogP contribution in [0.15, 0.2) is 52.0 Å². The number of amides is 2. The molecule has 3 N–H and O–H groups in total. The molecule has 1 heterocycles. The van der Waals surface area contributed by atoms with Gasteiger partial charge in [-0.25, -0.2) is 17.5 Å². The summed E-state index contributed by atoms with van der Waals surface area (Å²) in [5.74, 6) is -0.472. The Morgan fingerprint density at radius 2 is 1.76 bits per heavy atom. The molecule has 1 fully saturated rings. The first kappa shape index (κ1) is 25.9. The van der Waals surface area contributed by atoms with Gasteiger partial charge in [0.25, 0.3) is 0 Å². The molecule has 2 amide bonds. The quantitative estimate of drug-likeness (QED) is 0.470. The second-order valence-corrected chi connectivity index (χ2v) is 10.8. The maximum atomic E-state index is 13.0. The molecule has 1 atom stereocenters. The third kappa shape index (κ3) is 7.14. The number of hydrogen-bond acceptors (Lipinski definition) is 5. The maximum absolute atomic E-state index is 13.0. The van der Waals surface area contributed by atoms with E-state index in [2.05, 4.69) is 15.4 Å². The molecular formula is C24H32FN3O5S. The number of sulfonamides is 1. The number of halogens is 1. The van der Waals surface area contributed by atoms with Gasteiger partial charge < -0.3 is 15.1 Å². The molecule has 8 nitrogen and oxygen atoms in total. The predicted octanol–water partition coefficient (Wildman–Crippen LogP) is 2.96. The van der Waals surface area contributed by atoms with Crippen molar-refractivity contribution in [2.45, 2.75) is 57.0 Å². The number of carbonyl (C=O) groups excluding carboxylic acids is 2. The van der Waals surface area contributed by atoms with Crippen molar-refractivity contribution in [3.8, 4) is 0 Å². The minimum atomic E-state index is -3.71. The van der Waals surface area contributed by atoms with Crippen molar-refractivity contribution in [1.82, 2.24) is 15.4 Å². The minimum absolute atomic E-state index is 0.0204. The molecule has 0 unspecified atom stereocenters. The molecule has 1 saturated carbocycles. The van der Waals surface area contributed by atoms with Gasteiger partial charge in [-0.1, -0.05) is 13.8 Å². The molecule has 1 aromatic carbocycles. The number of nitrogens with one attached hydrogen (secondary N) is 3. The Labute approximate surface area is 199 Å². The van der Waals surface area contributed by atoms with E-state index in [1.165, 1.54) is 18.4 Å². The van der Waals surface area contributed by atoms with Gasteiger partial charge in [0, 0.05) is 12.5 Å². The van der Waals surface area contributed by atoms with Crippen molar-refractivity contribution in [2.75, 3.05) is 6.54 Å². The highest BCUT2D eigenvalue weighted by Gasteiger charge is 2.31. The summed E-state index contributed by atoms with van der Waals surface area (Å²) in [6, 6.07) is 7.54. The van der Waals surface area contributed by atoms with Gasteiger partial charge in [0.2, 0.25) is 21.8 Å². The second kappa shape index (κ2) is 11.6. The summed E-state index contributed by atoms with van der Waals surface area (Å²) < 4.78 is 45.6. The third-order valence-corrected chi connectivity index (χ3v) is 7.61. The Kier molecular flexibility index (Phi) is 8.84. The van der Waals surface area contributed by atoms with E-state index in [1.807, 2.05) is 13.8 Å². The van der Waals surface area contributed by atoms with E-state index in [-0.39, 0.29) is 47.6 Å². The van der Waals surface area contributed by atoms with Crippen LogP contribution in [0, 0.1) is 23.6 Å². The lowest BCUT2D eigenvalue weighted by atomic mass is 9.81. The lowest BCUT2D eigenvalue weighted by molar-refractivity contribution is -0.133. The molecule has 0 aliphatic heterocycles. The van der Waals surface area contributed by atoms with Crippen LogP contribution in [-0.4, -0.2) is 32.8 Å². The van der Waals surface area contributed by atoms with Crippen LogP contribution in [0.4, 0.5) is 4.39 Å². The Morgan fingerprint density at radius 1 is 1.09 bits per heavy atom. The van der Waals surface area contributed by atoms with Gasteiger partial charge in [-0.15, -0.1) is 0 Å². The summed E-state index contributed by atoms with van der Waals surface area (Å²) >= 11 is 0. The zero-order chi connectivity index (χ0) is 24.7. The van der Waals surface area contributed by atoms with Crippen LogP contribution in [0.25, 0.3) is 0 Å². The summed E-state index contributed by atoms with van der Waals surface area (Å²) in [5.41, 5.74) is 0. The fourth-order valence-corrected chi connectivity index (χ4v) is 5.17. The Bertz CT molecular complexity index is 1050. The first-order chi connectivity index (χ1) is 16.2. The van der Waals surface area contributed by atoms with Crippen LogP contribution in [0.5, 0.6) is 0 Å². The highest BCUT2D eigenvalue weighted by atomic mass is 32.2. The van der Waals surface area contributed by atoms with Crippen LogP contribution >= 0.6 is 0 Å². The van der Waals surface area contributed by atoms with E-state index in [0.717, 1.165) is 12.1 Å². The van der Waals surface area contributed by atoms with Gasteiger partial charge in [0.05, 0.1) is 17.7 Å². The van der Waals surface area contributed by atoms with Gasteiger partial charge >= 0.3 is 0 Å². The van der Waals surface area contributed by atoms with Crippen molar-refractivity contribution in [1.29, 1.82) is 0 Å². The average molecular weight is 494 g/mol. The van der Waals surface area contributed by atoms with Gasteiger partial charge in [-0.2, -0.15) is 0 Å². The molecule has 1 aliphatic rings. The van der Waals surface area contributed by atoms with E-state index in [9.17, 15) is 22.4 Å². The monoisotopic (exact) mass is 493 g/mol. The van der Waals surface area contributed by atoms with E-state index in [0.29, 0.717) is 31.4 Å². The fourth-order valence-electron chi connectivity index (χ4n) is 4.06. The Hall–Kier alpha value is -2.72. The van der Waals surface area contributed by atoms with Crippen molar-refractivity contribution in [3.05, 3.63) is 54.2 Å². The van der Waals surface area contributed by atoms with Crippen LogP contribution in [0.3, 0.4) is 0 Å². The minimum Gasteiger partial charge on any atom is -0.467 e. The zero-order valence-electron chi connectivity index (χ0n) is 19.4. The van der Waals surface area contributed by atoms with Crippen LogP contribution < -0.4 is 15.4 Å². The van der Waals surface area contributed by atoms with Gasteiger partial charge in [-0.3, -0.25) is 9.59 Å². The number of furan rings is 1. The number of carbonyl (C=O) groups is 2. The van der Waals surface area contributed by atoms with E-state index in [1.54, 1.807) is 12.1 Å². The first-order valence-electron chi connectivity index (χ1n) is 11.5. The Balaban J connectivity index is 1.45. The largest absolute Gasteiger partial charge is 0.467 e. The smallest absolute Gasteiger partial charge is 0.243 e. The molecule has 0 saturated heterocycles. The topological polar surface area (TPSA) is 118 Å². The highest BCUT2D eigenvalue weighted by molar-refractivity contribution is 7.89. The molecule has 1 aliphatic carbocycles. The number of rotatable bonds is 10. The molecule has 3 rings (SSSR count). The molecule has 10 heteroatoms. The zero-order valence-corrected chi connectivity index (χ0v) is 20.2. The molecular weight excluding hydrogens is 461 g/mol. The van der Waals surface area contributed by atoms with Crippen molar-refractivity contribution >= 4 is 21.8 Å². The molecule has 0 spiro atoms. The average Bonchev–Trinajstić information content (AvgIpc) is 3.34. The van der Waals surface area contributed by atoms with E-state index < -0.39 is 21.9 Å². The fraction of sp³-hybridized carbons (Fsp3) is 0.500. The predicted molar refractivity (Wildman–Crippen MR) is 124 cm³/mol. The van der Waals surface area contributed by atoms with E-state index >= 15 is 0 Å². The van der Waals surface area contributed by atoms with Gasteiger partial charge in [-0.05, 0) is 73.9 Å². The second-order valence-electron chi connectivity index (χ2n) is 9.05. The van der Waals surface area contributed by atoms with Crippen LogP contribution in [0.2, 0.25) is 0 Å². The number of hydrogen-bond donors (Lipinski definition) is 3. The highest BCUT2D eigenvalue weighted by Crippen LogP contribution is 2.29. The normalized spacial score (nSPS) is 19.5. The lowest BCUT2D eigenvalue weighted by Gasteiger charge is -2.30. The van der Waals surface area contributed by atoms with Crippen LogP contribution in [-0.2, 0) is 26.2 Å². The first-order valence-corrected chi connectivity index (χ1v) is 13.0. The lowest BCUT2D eigenvalue weighted by Crippen LogP contribution is -2.51. The van der Waals surface area contributed by atoms with Gasteiger partial charge in [0.1, 0.15) is 17.6 Å². The van der Waals surface area contributed by atoms with Crippen molar-refractivity contribution < 1.29 is 26.8 Å². The molecule has 2 aromatic rings. The number of benzene rings is 1. The Morgan fingerprint density at radius 3 is 2.35 bits per heavy atom. The molecule has 34 heavy (non-hydrogen) atoms.